The fraction of sp³-hybridized carbons (Fsp3) is 0.276. The van der Waals surface area contributed by atoms with Crippen molar-refractivity contribution >= 4 is 17.9 Å². The third-order valence-corrected chi connectivity index (χ3v) is 6.05. The lowest BCUT2D eigenvalue weighted by atomic mass is 10.1. The van der Waals surface area contributed by atoms with E-state index in [0.717, 1.165) is 29.8 Å². The number of piperazine rings is 1. The molecule has 1 aliphatic rings. The smallest absolute Gasteiger partial charge is 0.246 e. The Morgan fingerprint density at radius 3 is 2.29 bits per heavy atom. The maximum Gasteiger partial charge on any atom is 0.246 e. The lowest BCUT2D eigenvalue weighted by molar-refractivity contribution is -0.137. The molecule has 6 nitrogen and oxygen atoms in total. The molecule has 3 aromatic rings. The topological polar surface area (TPSA) is 62.7 Å². The molecule has 0 N–H and O–H groups in total. The number of ether oxygens (including phenoxy) is 1. The Bertz CT molecular complexity index is 1110. The van der Waals surface area contributed by atoms with Gasteiger partial charge in [-0.15, -0.1) is 0 Å². The number of rotatable bonds is 9. The van der Waals surface area contributed by atoms with E-state index in [2.05, 4.69) is 17.1 Å². The number of amides is 2. The molecule has 180 valence electrons. The van der Waals surface area contributed by atoms with Crippen molar-refractivity contribution in [3.63, 3.8) is 0 Å². The highest BCUT2D eigenvalue weighted by Crippen LogP contribution is 2.15. The molecule has 0 aliphatic carbocycles. The summed E-state index contributed by atoms with van der Waals surface area (Å²) in [5.74, 6) is 0.897. The van der Waals surface area contributed by atoms with Gasteiger partial charge in [0.25, 0.3) is 0 Å². The van der Waals surface area contributed by atoms with Gasteiger partial charge in [-0.3, -0.25) is 14.6 Å². The highest BCUT2D eigenvalue weighted by Gasteiger charge is 2.22. The summed E-state index contributed by atoms with van der Waals surface area (Å²) in [6.07, 6.45) is 7.46. The average Bonchev–Trinajstić information content (AvgIpc) is 2.92. The second-order valence-electron chi connectivity index (χ2n) is 8.56. The Balaban J connectivity index is 1.17. The highest BCUT2D eigenvalue weighted by molar-refractivity contribution is 5.92. The van der Waals surface area contributed by atoms with Crippen molar-refractivity contribution in [2.75, 3.05) is 26.2 Å². The first kappa shape index (κ1) is 24.2. The molecule has 1 fully saturated rings. The van der Waals surface area contributed by atoms with Crippen LogP contribution < -0.4 is 4.74 Å². The second-order valence-corrected chi connectivity index (χ2v) is 8.56. The van der Waals surface area contributed by atoms with Crippen LogP contribution in [-0.2, 0) is 22.6 Å². The number of carbonyl (C=O) groups is 2. The monoisotopic (exact) mass is 469 g/mol. The van der Waals surface area contributed by atoms with Crippen LogP contribution >= 0.6 is 0 Å². The number of hydrogen-bond donors (Lipinski definition) is 0. The van der Waals surface area contributed by atoms with Gasteiger partial charge in [0, 0.05) is 44.9 Å². The molecule has 2 heterocycles. The molecule has 1 aliphatic heterocycles. The molecule has 0 atom stereocenters. The van der Waals surface area contributed by atoms with Gasteiger partial charge < -0.3 is 14.5 Å². The average molecular weight is 470 g/mol. The minimum absolute atomic E-state index is 0.0309. The fourth-order valence-corrected chi connectivity index (χ4v) is 4.01. The Morgan fingerprint density at radius 2 is 1.57 bits per heavy atom. The molecule has 35 heavy (non-hydrogen) atoms. The molecular weight excluding hydrogens is 438 g/mol. The standard InChI is InChI=1S/C29H31N3O3/c33-28(11-6-9-24-7-2-1-3-8-24)31-19-21-32(22-20-31)29(34)17-14-25-12-15-27(16-13-25)35-23-26-10-4-5-18-30-26/h1-5,7-8,10,12-18H,6,9,11,19-23H2/b17-14+. The van der Waals surface area contributed by atoms with E-state index in [1.807, 2.05) is 71.6 Å². The van der Waals surface area contributed by atoms with E-state index in [-0.39, 0.29) is 11.8 Å². The van der Waals surface area contributed by atoms with Crippen LogP contribution in [0.1, 0.15) is 29.7 Å². The van der Waals surface area contributed by atoms with Crippen LogP contribution in [0, 0.1) is 0 Å². The minimum Gasteiger partial charge on any atom is -0.487 e. The third kappa shape index (κ3) is 7.54. The number of benzene rings is 2. The predicted molar refractivity (Wildman–Crippen MR) is 137 cm³/mol. The highest BCUT2D eigenvalue weighted by atomic mass is 16.5. The lowest BCUT2D eigenvalue weighted by Gasteiger charge is -2.34. The molecule has 1 saturated heterocycles. The summed E-state index contributed by atoms with van der Waals surface area (Å²) in [7, 11) is 0. The molecule has 2 amide bonds. The fourth-order valence-electron chi connectivity index (χ4n) is 4.01. The van der Waals surface area contributed by atoms with Crippen molar-refractivity contribution in [3.05, 3.63) is 102 Å². The van der Waals surface area contributed by atoms with Gasteiger partial charge in [0.15, 0.2) is 0 Å². The van der Waals surface area contributed by atoms with Crippen LogP contribution in [-0.4, -0.2) is 52.8 Å². The van der Waals surface area contributed by atoms with Crippen LogP contribution in [0.15, 0.2) is 85.1 Å². The van der Waals surface area contributed by atoms with Crippen molar-refractivity contribution < 1.29 is 14.3 Å². The van der Waals surface area contributed by atoms with E-state index in [0.29, 0.717) is 39.2 Å². The molecule has 6 heteroatoms. The number of carbonyl (C=O) groups excluding carboxylic acids is 2. The number of aromatic nitrogens is 1. The summed E-state index contributed by atoms with van der Waals surface area (Å²) >= 11 is 0. The van der Waals surface area contributed by atoms with Crippen molar-refractivity contribution in [3.8, 4) is 5.75 Å². The Morgan fingerprint density at radius 1 is 0.857 bits per heavy atom. The zero-order valence-corrected chi connectivity index (χ0v) is 19.9. The largest absolute Gasteiger partial charge is 0.487 e. The van der Waals surface area contributed by atoms with Crippen LogP contribution in [0.3, 0.4) is 0 Å². The first-order chi connectivity index (χ1) is 17.2. The third-order valence-electron chi connectivity index (χ3n) is 6.05. The first-order valence-corrected chi connectivity index (χ1v) is 12.1. The van der Waals surface area contributed by atoms with Crippen molar-refractivity contribution in [1.29, 1.82) is 0 Å². The van der Waals surface area contributed by atoms with Crippen LogP contribution in [0.25, 0.3) is 6.08 Å². The van der Waals surface area contributed by atoms with E-state index in [4.69, 9.17) is 4.74 Å². The Labute approximate surface area is 206 Å². The van der Waals surface area contributed by atoms with Crippen molar-refractivity contribution in [2.24, 2.45) is 0 Å². The van der Waals surface area contributed by atoms with Gasteiger partial charge >= 0.3 is 0 Å². The molecule has 0 spiro atoms. The first-order valence-electron chi connectivity index (χ1n) is 12.1. The molecule has 0 saturated carbocycles. The molecule has 0 unspecified atom stereocenters. The molecule has 4 rings (SSSR count). The normalized spacial score (nSPS) is 13.7. The van der Waals surface area contributed by atoms with E-state index in [9.17, 15) is 9.59 Å². The maximum atomic E-state index is 12.6. The molecule has 0 radical (unpaired) electrons. The van der Waals surface area contributed by atoms with Gasteiger partial charge in [-0.2, -0.15) is 0 Å². The van der Waals surface area contributed by atoms with Gasteiger partial charge in [-0.1, -0.05) is 48.5 Å². The summed E-state index contributed by atoms with van der Waals surface area (Å²) in [6, 6.07) is 23.6. The van der Waals surface area contributed by atoms with Crippen LogP contribution in [0.4, 0.5) is 0 Å². The predicted octanol–water partition coefficient (Wildman–Crippen LogP) is 4.37. The SMILES string of the molecule is O=C(/C=C/c1ccc(OCc2ccccn2)cc1)N1CCN(C(=O)CCCc2ccccc2)CC1. The number of nitrogens with zero attached hydrogens (tertiary/aromatic N) is 3. The Kier molecular flexibility index (Phi) is 8.65. The van der Waals surface area contributed by atoms with E-state index < -0.39 is 0 Å². The zero-order chi connectivity index (χ0) is 24.3. The van der Waals surface area contributed by atoms with Crippen molar-refractivity contribution in [2.45, 2.75) is 25.9 Å². The second kappa shape index (κ2) is 12.5. The van der Waals surface area contributed by atoms with Crippen LogP contribution in [0.2, 0.25) is 0 Å². The van der Waals surface area contributed by atoms with E-state index >= 15 is 0 Å². The lowest BCUT2D eigenvalue weighted by Crippen LogP contribution is -2.50. The van der Waals surface area contributed by atoms with Gasteiger partial charge in [0.2, 0.25) is 11.8 Å². The van der Waals surface area contributed by atoms with E-state index in [1.54, 1.807) is 17.2 Å². The Hall–Kier alpha value is -3.93. The van der Waals surface area contributed by atoms with Gasteiger partial charge in [0.05, 0.1) is 5.69 Å². The summed E-state index contributed by atoms with van der Waals surface area (Å²) in [6.45, 7) is 2.72. The summed E-state index contributed by atoms with van der Waals surface area (Å²) < 4.78 is 5.75. The molecule has 2 aromatic carbocycles. The van der Waals surface area contributed by atoms with Gasteiger partial charge in [0.1, 0.15) is 12.4 Å². The van der Waals surface area contributed by atoms with Gasteiger partial charge in [-0.05, 0) is 54.3 Å². The van der Waals surface area contributed by atoms with Crippen LogP contribution in [0.5, 0.6) is 5.75 Å². The zero-order valence-electron chi connectivity index (χ0n) is 19.9. The summed E-state index contributed by atoms with van der Waals surface area (Å²) in [5, 5.41) is 0. The van der Waals surface area contributed by atoms with E-state index in [1.165, 1.54) is 5.56 Å². The van der Waals surface area contributed by atoms with Gasteiger partial charge in [-0.25, -0.2) is 0 Å². The summed E-state index contributed by atoms with van der Waals surface area (Å²) in [4.78, 5) is 33.1. The quantitative estimate of drug-likeness (QED) is 0.437. The number of pyridine rings is 1. The number of aryl methyl sites for hydroxylation is 1. The minimum atomic E-state index is -0.0309. The molecular formula is C29H31N3O3. The van der Waals surface area contributed by atoms with Crippen molar-refractivity contribution in [1.82, 2.24) is 14.8 Å². The number of hydrogen-bond acceptors (Lipinski definition) is 4. The molecule has 1 aromatic heterocycles. The maximum absolute atomic E-state index is 12.6. The molecule has 0 bridgehead atoms. The summed E-state index contributed by atoms with van der Waals surface area (Å²) in [5.41, 5.74) is 3.06.